The van der Waals surface area contributed by atoms with Crippen molar-refractivity contribution >= 4 is 21.9 Å². The highest BCUT2D eigenvalue weighted by atomic mass is 32.2. The molecule has 0 radical (unpaired) electrons. The molecule has 0 aromatic rings. The van der Waals surface area contributed by atoms with E-state index in [1.54, 1.807) is 0 Å². The highest BCUT2D eigenvalue weighted by molar-refractivity contribution is 7.86. The summed E-state index contributed by atoms with van der Waals surface area (Å²) in [6.07, 6.45) is 0.599. The summed E-state index contributed by atoms with van der Waals surface area (Å²) >= 11 is 0. The number of hydrogen-bond donors (Lipinski definition) is 1. The molecule has 1 saturated heterocycles. The minimum absolute atomic E-state index is 0.522. The molecule has 4 unspecified atom stereocenters. The van der Waals surface area contributed by atoms with Crippen LogP contribution in [0.1, 0.15) is 6.42 Å². The van der Waals surface area contributed by atoms with Gasteiger partial charge in [-0.1, -0.05) is 0 Å². The lowest BCUT2D eigenvalue weighted by Crippen LogP contribution is -2.64. The zero-order chi connectivity index (χ0) is 15.2. The molecule has 3 aliphatic rings. The van der Waals surface area contributed by atoms with E-state index < -0.39 is 51.0 Å². The highest BCUT2D eigenvalue weighted by Crippen LogP contribution is 2.66. The van der Waals surface area contributed by atoms with Gasteiger partial charge in [-0.2, -0.15) is 8.42 Å². The lowest BCUT2D eigenvalue weighted by molar-refractivity contribution is -0.157. The number of nitrogens with one attached hydrogen (secondary N) is 1. The van der Waals surface area contributed by atoms with Crippen molar-refractivity contribution in [1.82, 2.24) is 5.32 Å². The molecule has 4 atom stereocenters. The first kappa shape index (κ1) is 13.6. The summed E-state index contributed by atoms with van der Waals surface area (Å²) in [6.45, 7) is 0. The standard InChI is InChI=1S/C10H8F3NO5S/c1-20(17,18)19-8-3-2-7(11,4-8)9(12)5(15)14-6(16)10(8,9)13/h2-3H,4H2,1H3,(H,14,15,16). The van der Waals surface area contributed by atoms with Crippen LogP contribution >= 0.6 is 0 Å². The normalized spacial score (nSPS) is 49.6. The van der Waals surface area contributed by atoms with Crippen LogP contribution in [0.5, 0.6) is 0 Å². The van der Waals surface area contributed by atoms with Gasteiger partial charge in [0.15, 0.2) is 11.3 Å². The first-order valence-electron chi connectivity index (χ1n) is 5.46. The van der Waals surface area contributed by atoms with E-state index in [-0.39, 0.29) is 0 Å². The van der Waals surface area contributed by atoms with E-state index in [0.29, 0.717) is 18.4 Å². The summed E-state index contributed by atoms with van der Waals surface area (Å²) in [5.41, 5.74) is -13.5. The summed E-state index contributed by atoms with van der Waals surface area (Å²) < 4.78 is 71.1. The molecular weight excluding hydrogens is 303 g/mol. The minimum atomic E-state index is -4.34. The predicted octanol–water partition coefficient (Wildman–Crippen LogP) is -0.544. The zero-order valence-corrected chi connectivity index (χ0v) is 10.8. The lowest BCUT2D eigenvalue weighted by Gasteiger charge is -2.36. The second-order valence-electron chi connectivity index (χ2n) is 5.15. The Balaban J connectivity index is 2.29. The minimum Gasteiger partial charge on any atom is -0.290 e. The molecule has 0 aromatic carbocycles. The van der Waals surface area contributed by atoms with Crippen LogP contribution in [0.25, 0.3) is 0 Å². The molecule has 6 nitrogen and oxygen atoms in total. The topological polar surface area (TPSA) is 89.5 Å². The molecule has 10 heteroatoms. The largest absolute Gasteiger partial charge is 0.290 e. The van der Waals surface area contributed by atoms with Crippen LogP contribution in [-0.4, -0.2) is 49.1 Å². The lowest BCUT2D eigenvalue weighted by atomic mass is 9.76. The molecule has 2 amide bonds. The summed E-state index contributed by atoms with van der Waals surface area (Å²) in [5.74, 6) is -3.53. The molecule has 1 saturated carbocycles. The van der Waals surface area contributed by atoms with Gasteiger partial charge >= 0.3 is 0 Å². The summed E-state index contributed by atoms with van der Waals surface area (Å²) in [6, 6.07) is 0. The fourth-order valence-electron chi connectivity index (χ4n) is 3.17. The summed E-state index contributed by atoms with van der Waals surface area (Å²) in [5, 5.41) is 1.35. The summed E-state index contributed by atoms with van der Waals surface area (Å²) in [4.78, 5) is 23.1. The maximum absolute atomic E-state index is 15.0. The van der Waals surface area contributed by atoms with Crippen molar-refractivity contribution in [2.75, 3.05) is 6.26 Å². The molecule has 1 aliphatic heterocycles. The van der Waals surface area contributed by atoms with Crippen LogP contribution in [0.15, 0.2) is 12.2 Å². The van der Waals surface area contributed by atoms with Gasteiger partial charge in [0.1, 0.15) is 0 Å². The van der Waals surface area contributed by atoms with Crippen LogP contribution in [-0.2, 0) is 23.9 Å². The molecule has 0 spiro atoms. The monoisotopic (exact) mass is 311 g/mol. The van der Waals surface area contributed by atoms with Crippen molar-refractivity contribution in [3.8, 4) is 0 Å². The molecule has 20 heavy (non-hydrogen) atoms. The first-order valence-corrected chi connectivity index (χ1v) is 7.27. The fourth-order valence-corrected chi connectivity index (χ4v) is 3.94. The quantitative estimate of drug-likeness (QED) is 0.420. The molecular formula is C10H8F3NO5S. The van der Waals surface area contributed by atoms with Gasteiger partial charge in [-0.25, -0.2) is 13.2 Å². The number of hydrogen-bond acceptors (Lipinski definition) is 5. The number of carbonyl (C=O) groups excluding carboxylic acids is 2. The Morgan fingerprint density at radius 3 is 2.25 bits per heavy atom. The van der Waals surface area contributed by atoms with Crippen LogP contribution in [0, 0.1) is 0 Å². The number of amides is 2. The maximum atomic E-state index is 15.0. The van der Waals surface area contributed by atoms with E-state index in [9.17, 15) is 31.2 Å². The predicted molar refractivity (Wildman–Crippen MR) is 57.1 cm³/mol. The third-order valence-electron chi connectivity index (χ3n) is 3.92. The van der Waals surface area contributed by atoms with E-state index in [1.165, 1.54) is 5.32 Å². The van der Waals surface area contributed by atoms with E-state index >= 15 is 0 Å². The van der Waals surface area contributed by atoms with Crippen molar-refractivity contribution < 1.29 is 35.4 Å². The Hall–Kier alpha value is -1.42. The van der Waals surface area contributed by atoms with E-state index in [1.807, 2.05) is 0 Å². The van der Waals surface area contributed by atoms with E-state index in [2.05, 4.69) is 4.18 Å². The zero-order valence-electron chi connectivity index (χ0n) is 9.95. The van der Waals surface area contributed by atoms with E-state index in [4.69, 9.17) is 0 Å². The van der Waals surface area contributed by atoms with Gasteiger partial charge in [-0.05, 0) is 12.2 Å². The average molecular weight is 311 g/mol. The fraction of sp³-hybridized carbons (Fsp3) is 0.600. The number of allylic oxidation sites excluding steroid dienone is 1. The Morgan fingerprint density at radius 2 is 1.70 bits per heavy atom. The van der Waals surface area contributed by atoms with Crippen LogP contribution in [0.2, 0.25) is 0 Å². The van der Waals surface area contributed by atoms with Crippen LogP contribution < -0.4 is 5.32 Å². The second kappa shape index (κ2) is 3.08. The SMILES string of the molecule is CS(=O)(=O)OC12C=CC(F)(C1)C1(F)C(=O)NC(=O)C21F. The third-order valence-corrected chi connectivity index (χ3v) is 4.52. The van der Waals surface area contributed by atoms with Crippen LogP contribution in [0.3, 0.4) is 0 Å². The number of fused-ring (bicyclic) bond motifs is 5. The smallest absolute Gasteiger partial charge is 0.272 e. The van der Waals surface area contributed by atoms with Crippen molar-refractivity contribution in [2.24, 2.45) is 0 Å². The Morgan fingerprint density at radius 1 is 1.15 bits per heavy atom. The number of imide groups is 1. The van der Waals surface area contributed by atoms with Crippen LogP contribution in [0.4, 0.5) is 13.2 Å². The number of alkyl halides is 3. The first-order chi connectivity index (χ1) is 8.92. The summed E-state index contributed by atoms with van der Waals surface area (Å²) in [7, 11) is -4.34. The number of carbonyl (C=O) groups is 2. The number of rotatable bonds is 2. The molecule has 0 aromatic heterocycles. The Kier molecular flexibility index (Phi) is 2.09. The van der Waals surface area contributed by atoms with Gasteiger partial charge in [-0.15, -0.1) is 0 Å². The molecule has 110 valence electrons. The Bertz CT molecular complexity index is 693. The van der Waals surface area contributed by atoms with E-state index in [0.717, 1.165) is 0 Å². The van der Waals surface area contributed by atoms with Gasteiger partial charge in [0.05, 0.1) is 6.26 Å². The van der Waals surface area contributed by atoms with Gasteiger partial charge in [0.25, 0.3) is 33.3 Å². The number of halogens is 3. The van der Waals surface area contributed by atoms with Gasteiger partial charge in [0.2, 0.25) is 0 Å². The van der Waals surface area contributed by atoms with Crippen molar-refractivity contribution in [3.63, 3.8) is 0 Å². The maximum Gasteiger partial charge on any atom is 0.272 e. The Labute approximate surface area is 111 Å². The highest BCUT2D eigenvalue weighted by Gasteiger charge is 2.92. The van der Waals surface area contributed by atoms with Crippen molar-refractivity contribution in [1.29, 1.82) is 0 Å². The third kappa shape index (κ3) is 1.10. The molecule has 2 bridgehead atoms. The molecule has 3 rings (SSSR count). The molecule has 2 aliphatic carbocycles. The molecule has 1 N–H and O–H groups in total. The average Bonchev–Trinajstić information content (AvgIpc) is 2.75. The second-order valence-corrected chi connectivity index (χ2v) is 6.72. The van der Waals surface area contributed by atoms with Crippen molar-refractivity contribution in [3.05, 3.63) is 12.2 Å². The van der Waals surface area contributed by atoms with Gasteiger partial charge < -0.3 is 0 Å². The van der Waals surface area contributed by atoms with Gasteiger partial charge in [-0.3, -0.25) is 19.1 Å². The van der Waals surface area contributed by atoms with Crippen molar-refractivity contribution in [2.45, 2.75) is 29.0 Å². The molecule has 1 heterocycles. The molecule has 2 fully saturated rings. The van der Waals surface area contributed by atoms with Gasteiger partial charge in [0, 0.05) is 6.42 Å².